The van der Waals surface area contributed by atoms with Gasteiger partial charge in [-0.15, -0.1) is 26.4 Å². The lowest BCUT2D eigenvalue weighted by atomic mass is 9.96. The van der Waals surface area contributed by atoms with Crippen molar-refractivity contribution < 1.29 is 0 Å². The maximum Gasteiger partial charge on any atom is -0.0111 e. The Morgan fingerprint density at radius 3 is 1.07 bits per heavy atom. The van der Waals surface area contributed by atoms with Crippen molar-refractivity contribution in [2.45, 2.75) is 135 Å². The zero-order valence-electron chi connectivity index (χ0n) is 19.6. The molecule has 0 saturated heterocycles. The van der Waals surface area contributed by atoms with E-state index < -0.39 is 0 Å². The largest absolute Gasteiger partial charge is 0.131 e. The van der Waals surface area contributed by atoms with Gasteiger partial charge in [0.15, 0.2) is 0 Å². The molecule has 0 N–H and O–H groups in total. The molecule has 0 rings (SSSR count). The summed E-state index contributed by atoms with van der Waals surface area (Å²) in [4.78, 5) is 0. The van der Waals surface area contributed by atoms with Gasteiger partial charge < -0.3 is 0 Å². The van der Waals surface area contributed by atoms with E-state index in [0.717, 1.165) is 0 Å². The van der Waals surface area contributed by atoms with E-state index in [1.165, 1.54) is 108 Å². The second kappa shape index (κ2) is 17.0. The highest BCUT2D eigenvalue weighted by atomic mass is 31.1. The zero-order valence-corrected chi connectivity index (χ0v) is 22.8. The Morgan fingerprint density at radius 2 is 0.815 bits per heavy atom. The van der Waals surface area contributed by atoms with E-state index in [-0.39, 0.29) is 7.92 Å². The number of rotatable bonds is 19. The standard InChI is InChI=1S/C24H53P3/c1-6-11-16-23(25,17-12-7-2)21-27(20-15-10-5)22-24(26,18-13-8-3)19-14-9-4/h6-22,25-26H2,1-5H3. The molecule has 0 aliphatic heterocycles. The Bertz CT molecular complexity index is 286. The predicted octanol–water partition coefficient (Wildman–Crippen LogP) is 9.26. The van der Waals surface area contributed by atoms with E-state index in [0.29, 0.717) is 10.3 Å². The van der Waals surface area contributed by atoms with E-state index >= 15 is 0 Å². The molecule has 0 radical (unpaired) electrons. The van der Waals surface area contributed by atoms with Crippen LogP contribution >= 0.6 is 26.4 Å². The summed E-state index contributed by atoms with van der Waals surface area (Å²) in [5.74, 6) is 0. The molecule has 0 spiro atoms. The van der Waals surface area contributed by atoms with Crippen molar-refractivity contribution in [2.75, 3.05) is 18.5 Å². The summed E-state index contributed by atoms with van der Waals surface area (Å²) in [6.45, 7) is 11.8. The third-order valence-corrected chi connectivity index (χ3v) is 11.4. The monoisotopic (exact) mass is 434 g/mol. The van der Waals surface area contributed by atoms with Crippen molar-refractivity contribution in [2.24, 2.45) is 0 Å². The average Bonchev–Trinajstić information content (AvgIpc) is 2.66. The summed E-state index contributed by atoms with van der Waals surface area (Å²) in [7, 11) is 6.91. The van der Waals surface area contributed by atoms with Crippen molar-refractivity contribution in [3.8, 4) is 0 Å². The molecule has 2 unspecified atom stereocenters. The van der Waals surface area contributed by atoms with Gasteiger partial charge in [-0.25, -0.2) is 0 Å². The Balaban J connectivity index is 5.19. The number of unbranched alkanes of at least 4 members (excludes halogenated alkanes) is 5. The predicted molar refractivity (Wildman–Crippen MR) is 139 cm³/mol. The van der Waals surface area contributed by atoms with Crippen LogP contribution in [0.2, 0.25) is 0 Å². The molecule has 164 valence electrons. The minimum Gasteiger partial charge on any atom is -0.131 e. The lowest BCUT2D eigenvalue weighted by molar-refractivity contribution is 0.490. The maximum atomic E-state index is 3.38. The van der Waals surface area contributed by atoms with Gasteiger partial charge in [0.05, 0.1) is 0 Å². The van der Waals surface area contributed by atoms with Gasteiger partial charge in [0.2, 0.25) is 0 Å². The first kappa shape index (κ1) is 28.3. The molecule has 0 nitrogen and oxygen atoms in total. The molecular formula is C24H53P3. The van der Waals surface area contributed by atoms with Crippen molar-refractivity contribution in [3.05, 3.63) is 0 Å². The third-order valence-electron chi connectivity index (χ3n) is 6.02. The molecule has 0 aromatic heterocycles. The minimum atomic E-state index is 0.150. The van der Waals surface area contributed by atoms with Crippen LogP contribution in [0.4, 0.5) is 0 Å². The summed E-state index contributed by atoms with van der Waals surface area (Å²) < 4.78 is 0. The van der Waals surface area contributed by atoms with Crippen LogP contribution < -0.4 is 0 Å². The molecule has 0 aromatic rings. The van der Waals surface area contributed by atoms with E-state index in [4.69, 9.17) is 0 Å². The van der Waals surface area contributed by atoms with Crippen LogP contribution in [0.1, 0.15) is 125 Å². The second-order valence-corrected chi connectivity index (χ2v) is 14.1. The summed E-state index contributed by atoms with van der Waals surface area (Å²) in [6, 6.07) is 0. The fraction of sp³-hybridized carbons (Fsp3) is 1.00. The lowest BCUT2D eigenvalue weighted by Crippen LogP contribution is -2.31. The van der Waals surface area contributed by atoms with E-state index in [1.54, 1.807) is 0 Å². The van der Waals surface area contributed by atoms with E-state index in [9.17, 15) is 0 Å². The van der Waals surface area contributed by atoms with Gasteiger partial charge in [0.25, 0.3) is 0 Å². The molecule has 0 saturated carbocycles. The van der Waals surface area contributed by atoms with Crippen molar-refractivity contribution in [1.29, 1.82) is 0 Å². The van der Waals surface area contributed by atoms with Gasteiger partial charge >= 0.3 is 0 Å². The molecule has 0 amide bonds. The van der Waals surface area contributed by atoms with Crippen LogP contribution in [0.15, 0.2) is 0 Å². The van der Waals surface area contributed by atoms with Gasteiger partial charge in [0.1, 0.15) is 0 Å². The molecule has 3 heteroatoms. The van der Waals surface area contributed by atoms with Gasteiger partial charge in [-0.2, -0.15) is 0 Å². The summed E-state index contributed by atoms with van der Waals surface area (Å²) in [5.41, 5.74) is 0. The molecule has 0 aromatic carbocycles. The van der Waals surface area contributed by atoms with Crippen LogP contribution in [-0.4, -0.2) is 28.8 Å². The third kappa shape index (κ3) is 14.0. The molecule has 0 aliphatic rings. The first-order valence-corrected chi connectivity index (χ1v) is 15.2. The Kier molecular flexibility index (Phi) is 17.8. The van der Waals surface area contributed by atoms with Crippen molar-refractivity contribution >= 4 is 26.4 Å². The van der Waals surface area contributed by atoms with Crippen LogP contribution in [0.25, 0.3) is 0 Å². The molecule has 0 bridgehead atoms. The Hall–Kier alpha value is 1.29. The second-order valence-electron chi connectivity index (χ2n) is 9.20. The molecule has 0 heterocycles. The molecule has 0 aliphatic carbocycles. The van der Waals surface area contributed by atoms with Crippen LogP contribution in [0.3, 0.4) is 0 Å². The first-order chi connectivity index (χ1) is 12.9. The highest BCUT2D eigenvalue weighted by molar-refractivity contribution is 7.58. The summed E-state index contributed by atoms with van der Waals surface area (Å²) in [6.07, 6.45) is 24.0. The van der Waals surface area contributed by atoms with Gasteiger partial charge in [-0.1, -0.05) is 92.4 Å². The average molecular weight is 435 g/mol. The van der Waals surface area contributed by atoms with Crippen LogP contribution in [0, 0.1) is 0 Å². The number of hydrogen-bond acceptors (Lipinski definition) is 0. The molecule has 2 atom stereocenters. The molecule has 0 fully saturated rings. The summed E-state index contributed by atoms with van der Waals surface area (Å²) >= 11 is 0. The Labute approximate surface area is 179 Å². The SMILES string of the molecule is CCCCP(CC(P)(CCCC)CCCC)CC(P)(CCCC)CCCC. The van der Waals surface area contributed by atoms with Gasteiger partial charge in [0, 0.05) is 0 Å². The van der Waals surface area contributed by atoms with E-state index in [2.05, 4.69) is 53.1 Å². The quantitative estimate of drug-likeness (QED) is 0.178. The van der Waals surface area contributed by atoms with Gasteiger partial charge in [-0.05, 0) is 60.9 Å². The van der Waals surface area contributed by atoms with Crippen LogP contribution in [-0.2, 0) is 0 Å². The fourth-order valence-corrected chi connectivity index (χ4v) is 10.1. The highest BCUT2D eigenvalue weighted by Gasteiger charge is 2.32. The lowest BCUT2D eigenvalue weighted by Gasteiger charge is -2.39. The number of hydrogen-bond donors (Lipinski definition) is 0. The zero-order chi connectivity index (χ0) is 20.6. The van der Waals surface area contributed by atoms with Gasteiger partial charge in [-0.3, -0.25) is 0 Å². The van der Waals surface area contributed by atoms with Crippen LogP contribution in [0.5, 0.6) is 0 Å². The van der Waals surface area contributed by atoms with E-state index in [1.807, 2.05) is 0 Å². The minimum absolute atomic E-state index is 0.150. The maximum absolute atomic E-state index is 3.38. The molecule has 27 heavy (non-hydrogen) atoms. The Morgan fingerprint density at radius 1 is 0.519 bits per heavy atom. The smallest absolute Gasteiger partial charge is 0.0111 e. The topological polar surface area (TPSA) is 0 Å². The fourth-order valence-electron chi connectivity index (χ4n) is 4.17. The highest BCUT2D eigenvalue weighted by Crippen LogP contribution is 2.51. The summed E-state index contributed by atoms with van der Waals surface area (Å²) in [5, 5.41) is 1.04. The first-order valence-electron chi connectivity index (χ1n) is 12.2. The van der Waals surface area contributed by atoms with Crippen molar-refractivity contribution in [3.63, 3.8) is 0 Å². The molecular weight excluding hydrogens is 381 g/mol. The normalized spacial score (nSPS) is 12.9. The van der Waals surface area contributed by atoms with Crippen molar-refractivity contribution in [1.82, 2.24) is 0 Å².